The van der Waals surface area contributed by atoms with Crippen molar-refractivity contribution in [3.8, 4) is 0 Å². The summed E-state index contributed by atoms with van der Waals surface area (Å²) < 4.78 is 12.5. The van der Waals surface area contributed by atoms with Crippen LogP contribution in [-0.4, -0.2) is 9.97 Å². The van der Waals surface area contributed by atoms with Crippen LogP contribution in [0.25, 0.3) is 0 Å². The maximum absolute atomic E-state index is 12.5. The van der Waals surface area contributed by atoms with Gasteiger partial charge < -0.3 is 0 Å². The molecule has 3 heteroatoms. The second-order valence-electron chi connectivity index (χ2n) is 2.17. The van der Waals surface area contributed by atoms with Crippen LogP contribution >= 0.6 is 0 Å². The Hall–Kier alpha value is -0.990. The van der Waals surface area contributed by atoms with E-state index in [1.807, 2.05) is 6.92 Å². The van der Waals surface area contributed by atoms with Gasteiger partial charge in [-0.2, -0.15) is 0 Å². The first kappa shape index (κ1) is 7.12. The number of rotatable bonds is 1. The third-order valence-electron chi connectivity index (χ3n) is 1.17. The first-order chi connectivity index (χ1) is 4.70. The molecule has 0 spiro atoms. The highest BCUT2D eigenvalue weighted by Gasteiger charge is 2.04. The van der Waals surface area contributed by atoms with E-state index in [0.29, 0.717) is 0 Å². The summed E-state index contributed by atoms with van der Waals surface area (Å²) in [5.74, 6) is 0.264. The highest BCUT2D eigenvalue weighted by atomic mass is 19.1. The molecule has 1 heterocycles. The Labute approximate surface area is 59.1 Å². The van der Waals surface area contributed by atoms with E-state index in [-0.39, 0.29) is 5.82 Å². The lowest BCUT2D eigenvalue weighted by atomic mass is 10.4. The highest BCUT2D eigenvalue weighted by molar-refractivity contribution is 5.00. The molecule has 0 amide bonds. The van der Waals surface area contributed by atoms with E-state index in [4.69, 9.17) is 0 Å². The summed E-state index contributed by atoms with van der Waals surface area (Å²) in [4.78, 5) is 7.64. The Morgan fingerprint density at radius 3 is 2.70 bits per heavy atom. The minimum atomic E-state index is -1.07. The van der Waals surface area contributed by atoms with E-state index in [0.717, 1.165) is 5.69 Å². The first-order valence-electron chi connectivity index (χ1n) is 3.14. The summed E-state index contributed by atoms with van der Waals surface area (Å²) in [5.41, 5.74) is 0.800. The Bertz CT molecular complexity index is 223. The van der Waals surface area contributed by atoms with Crippen molar-refractivity contribution < 1.29 is 4.39 Å². The molecule has 2 nitrogen and oxygen atoms in total. The van der Waals surface area contributed by atoms with Gasteiger partial charge in [0.2, 0.25) is 0 Å². The Morgan fingerprint density at radius 2 is 2.30 bits per heavy atom. The topological polar surface area (TPSA) is 25.8 Å². The van der Waals surface area contributed by atoms with Crippen molar-refractivity contribution in [1.29, 1.82) is 0 Å². The van der Waals surface area contributed by atoms with Gasteiger partial charge in [-0.25, -0.2) is 14.4 Å². The third kappa shape index (κ3) is 1.50. The van der Waals surface area contributed by atoms with Crippen molar-refractivity contribution >= 4 is 0 Å². The molecule has 0 saturated heterocycles. The van der Waals surface area contributed by atoms with Crippen LogP contribution in [0.4, 0.5) is 4.39 Å². The van der Waals surface area contributed by atoms with Gasteiger partial charge in [0.15, 0.2) is 12.0 Å². The van der Waals surface area contributed by atoms with Crippen molar-refractivity contribution in [1.82, 2.24) is 9.97 Å². The second kappa shape index (κ2) is 2.73. The van der Waals surface area contributed by atoms with Gasteiger partial charge >= 0.3 is 0 Å². The van der Waals surface area contributed by atoms with Crippen LogP contribution < -0.4 is 0 Å². The molecule has 1 rings (SSSR count). The Balaban J connectivity index is 2.96. The molecular weight excluding hydrogens is 131 g/mol. The lowest BCUT2D eigenvalue weighted by Gasteiger charge is -1.98. The summed E-state index contributed by atoms with van der Waals surface area (Å²) in [6, 6.07) is 1.74. The monoisotopic (exact) mass is 140 g/mol. The summed E-state index contributed by atoms with van der Waals surface area (Å²) in [5, 5.41) is 0. The predicted octanol–water partition coefficient (Wildman–Crippen LogP) is 1.82. The molecule has 0 aliphatic carbocycles. The van der Waals surface area contributed by atoms with Gasteiger partial charge in [-0.1, -0.05) is 0 Å². The quantitative estimate of drug-likeness (QED) is 0.594. The molecule has 0 aromatic carbocycles. The van der Waals surface area contributed by atoms with Crippen molar-refractivity contribution in [2.45, 2.75) is 20.0 Å². The zero-order valence-electron chi connectivity index (χ0n) is 6.00. The normalized spacial score (nSPS) is 13.1. The third-order valence-corrected chi connectivity index (χ3v) is 1.17. The fourth-order valence-electron chi connectivity index (χ4n) is 0.660. The van der Waals surface area contributed by atoms with Gasteiger partial charge in [0.05, 0.1) is 0 Å². The van der Waals surface area contributed by atoms with E-state index in [2.05, 4.69) is 9.97 Å². The molecule has 0 aliphatic rings. The molecule has 1 aromatic heterocycles. The van der Waals surface area contributed by atoms with Crippen molar-refractivity contribution in [2.75, 3.05) is 0 Å². The van der Waals surface area contributed by atoms with Crippen molar-refractivity contribution in [3.63, 3.8) is 0 Å². The zero-order valence-corrected chi connectivity index (χ0v) is 6.00. The van der Waals surface area contributed by atoms with Crippen LogP contribution in [-0.2, 0) is 0 Å². The number of alkyl halides is 1. The summed E-state index contributed by atoms with van der Waals surface area (Å²) >= 11 is 0. The van der Waals surface area contributed by atoms with E-state index in [9.17, 15) is 4.39 Å². The molecule has 0 radical (unpaired) electrons. The van der Waals surface area contributed by atoms with E-state index < -0.39 is 6.17 Å². The Morgan fingerprint density at radius 1 is 1.60 bits per heavy atom. The average Bonchev–Trinajstić information content (AvgIpc) is 1.88. The van der Waals surface area contributed by atoms with Gasteiger partial charge in [-0.3, -0.25) is 0 Å². The minimum absolute atomic E-state index is 0.264. The lowest BCUT2D eigenvalue weighted by Crippen LogP contribution is -1.96. The molecule has 0 bridgehead atoms. The van der Waals surface area contributed by atoms with Crippen LogP contribution in [0.5, 0.6) is 0 Å². The summed E-state index contributed by atoms with van der Waals surface area (Å²) in [6.45, 7) is 3.24. The number of nitrogens with zero attached hydrogens (tertiary/aromatic N) is 2. The van der Waals surface area contributed by atoms with Crippen LogP contribution in [0.1, 0.15) is 24.6 Å². The second-order valence-corrected chi connectivity index (χ2v) is 2.17. The molecule has 0 N–H and O–H groups in total. The maximum Gasteiger partial charge on any atom is 0.162 e. The highest BCUT2D eigenvalue weighted by Crippen LogP contribution is 2.09. The summed E-state index contributed by atoms with van der Waals surface area (Å²) in [6.07, 6.45) is 0.494. The standard InChI is InChI=1S/C7H9FN2/c1-5-3-4-9-7(10-5)6(2)8/h3-4,6H,1-2H3. The maximum atomic E-state index is 12.5. The Kier molecular flexibility index (Phi) is 1.94. The van der Waals surface area contributed by atoms with Crippen LogP contribution in [0.2, 0.25) is 0 Å². The first-order valence-corrected chi connectivity index (χ1v) is 3.14. The van der Waals surface area contributed by atoms with Gasteiger partial charge in [-0.15, -0.1) is 0 Å². The number of aromatic nitrogens is 2. The van der Waals surface area contributed by atoms with Gasteiger partial charge in [0.25, 0.3) is 0 Å². The smallest absolute Gasteiger partial charge is 0.162 e. The number of hydrogen-bond donors (Lipinski definition) is 0. The molecule has 1 atom stereocenters. The van der Waals surface area contributed by atoms with Crippen molar-refractivity contribution in [2.24, 2.45) is 0 Å². The molecule has 1 unspecified atom stereocenters. The van der Waals surface area contributed by atoms with E-state index >= 15 is 0 Å². The van der Waals surface area contributed by atoms with Crippen molar-refractivity contribution in [3.05, 3.63) is 23.8 Å². The fourth-order valence-corrected chi connectivity index (χ4v) is 0.660. The van der Waals surface area contributed by atoms with E-state index in [1.54, 1.807) is 12.3 Å². The molecule has 0 aliphatic heterocycles. The van der Waals surface area contributed by atoms with Crippen LogP contribution in [0.3, 0.4) is 0 Å². The SMILES string of the molecule is Cc1ccnc(C(C)F)n1. The van der Waals surface area contributed by atoms with Gasteiger partial charge in [0.1, 0.15) is 0 Å². The molecule has 54 valence electrons. The molecular formula is C7H9FN2. The number of halogens is 1. The molecule has 0 saturated carbocycles. The largest absolute Gasteiger partial charge is 0.239 e. The van der Waals surface area contributed by atoms with E-state index in [1.165, 1.54) is 6.92 Å². The molecule has 0 fully saturated rings. The van der Waals surface area contributed by atoms with Crippen LogP contribution in [0, 0.1) is 6.92 Å². The molecule has 10 heavy (non-hydrogen) atoms. The molecule has 1 aromatic rings. The fraction of sp³-hybridized carbons (Fsp3) is 0.429. The predicted molar refractivity (Wildman–Crippen MR) is 36.3 cm³/mol. The minimum Gasteiger partial charge on any atom is -0.239 e. The zero-order chi connectivity index (χ0) is 7.56. The lowest BCUT2D eigenvalue weighted by molar-refractivity contribution is 0.355. The van der Waals surface area contributed by atoms with Crippen LogP contribution in [0.15, 0.2) is 12.3 Å². The number of hydrogen-bond acceptors (Lipinski definition) is 2. The van der Waals surface area contributed by atoms with Gasteiger partial charge in [-0.05, 0) is 19.9 Å². The van der Waals surface area contributed by atoms with Gasteiger partial charge in [0, 0.05) is 11.9 Å². The summed E-state index contributed by atoms with van der Waals surface area (Å²) in [7, 11) is 0. The average molecular weight is 140 g/mol. The number of aryl methyl sites for hydroxylation is 1.